The lowest BCUT2D eigenvalue weighted by atomic mass is 9.87. The molecule has 306 valence electrons. The Labute approximate surface area is 348 Å². The molecule has 3 aliphatic rings. The van der Waals surface area contributed by atoms with Gasteiger partial charge in [-0.25, -0.2) is 22.9 Å². The van der Waals surface area contributed by atoms with Gasteiger partial charge in [-0.3, -0.25) is 14.4 Å². The van der Waals surface area contributed by atoms with E-state index in [4.69, 9.17) is 26.1 Å². The minimum atomic E-state index is -4.04. The quantitative estimate of drug-likeness (QED) is 0.0577. The van der Waals surface area contributed by atoms with E-state index in [1.165, 1.54) is 11.0 Å². The molecule has 2 fully saturated rings. The molecule has 1 spiro atoms. The number of hydrogen-bond donors (Lipinski definition) is 3. The van der Waals surface area contributed by atoms with Crippen LogP contribution in [0.3, 0.4) is 0 Å². The van der Waals surface area contributed by atoms with Crippen molar-refractivity contribution < 1.29 is 37.1 Å². The molecule has 3 N–H and O–H groups in total. The number of alkyl halides is 1. The first-order valence-electron chi connectivity index (χ1n) is 19.0. The van der Waals surface area contributed by atoms with Gasteiger partial charge in [0, 0.05) is 28.8 Å². The van der Waals surface area contributed by atoms with E-state index in [1.807, 2.05) is 25.1 Å². The van der Waals surface area contributed by atoms with Crippen molar-refractivity contribution in [3.63, 3.8) is 0 Å². The highest BCUT2D eigenvalue weighted by Gasteiger charge is 2.56. The number of aryl methyl sites for hydroxylation is 2. The zero-order valence-corrected chi connectivity index (χ0v) is 36.5. The average Bonchev–Trinajstić information content (AvgIpc) is 3.77. The molecule has 0 radical (unpaired) electrons. The first-order chi connectivity index (χ1) is 26.2. The summed E-state index contributed by atoms with van der Waals surface area (Å²) in [5.74, 6) is -1.57. The van der Waals surface area contributed by atoms with E-state index in [0.29, 0.717) is 48.6 Å². The maximum atomic E-state index is 14.8. The molecular weight excluding hydrogens is 873 g/mol. The lowest BCUT2D eigenvalue weighted by Gasteiger charge is -2.36. The van der Waals surface area contributed by atoms with Crippen molar-refractivity contribution in [2.75, 3.05) is 6.54 Å². The summed E-state index contributed by atoms with van der Waals surface area (Å²) in [6, 6.07) is 3.27. The van der Waals surface area contributed by atoms with E-state index < -0.39 is 65.4 Å². The first-order valence-corrected chi connectivity index (χ1v) is 22.0. The Morgan fingerprint density at radius 1 is 1.14 bits per heavy atom. The second-order valence-electron chi connectivity index (χ2n) is 16.4. The molecular formula is C40H53ClIN5O8S. The number of nitrogens with one attached hydrogen (secondary N) is 3. The molecule has 1 saturated carbocycles. The van der Waals surface area contributed by atoms with Crippen LogP contribution < -0.4 is 20.1 Å². The Balaban J connectivity index is 1.50. The lowest BCUT2D eigenvalue weighted by Crippen LogP contribution is -2.60. The number of nitrogens with zero attached hydrogens (tertiary/aromatic N) is 2. The van der Waals surface area contributed by atoms with E-state index in [-0.39, 0.29) is 25.8 Å². The maximum absolute atomic E-state index is 14.8. The molecule has 1 aromatic heterocycles. The topological polar surface area (TPSA) is 173 Å². The summed E-state index contributed by atoms with van der Waals surface area (Å²) >= 11 is 8.11. The van der Waals surface area contributed by atoms with Crippen LogP contribution in [0.5, 0.6) is 5.75 Å². The summed E-state index contributed by atoms with van der Waals surface area (Å²) in [5, 5.41) is 6.95. The number of halogens is 2. The molecule has 13 nitrogen and oxygen atoms in total. The number of unbranched alkanes of at least 4 members (excludes halogenated alkanes) is 3. The highest BCUT2D eigenvalue weighted by atomic mass is 127. The fourth-order valence-electron chi connectivity index (χ4n) is 7.26. The van der Waals surface area contributed by atoms with Gasteiger partial charge < -0.3 is 25.0 Å². The molecule has 2 aliphatic heterocycles. The van der Waals surface area contributed by atoms with Gasteiger partial charge in [0.25, 0.3) is 5.91 Å². The molecule has 5 rings (SSSR count). The summed E-state index contributed by atoms with van der Waals surface area (Å²) < 4.78 is 37.9. The number of alkyl carbamates (subject to hydrolysis) is 1. The number of allylic oxidation sites excluding steroid dienone is 1. The van der Waals surface area contributed by atoms with E-state index in [2.05, 4.69) is 28.5 Å². The van der Waals surface area contributed by atoms with Gasteiger partial charge in [0.05, 0.1) is 22.5 Å². The Morgan fingerprint density at radius 3 is 2.50 bits per heavy atom. The number of carbonyl (C=O) groups excluding carboxylic acids is 4. The van der Waals surface area contributed by atoms with Gasteiger partial charge in [0.1, 0.15) is 29.0 Å². The van der Waals surface area contributed by atoms with Crippen molar-refractivity contribution in [2.24, 2.45) is 0 Å². The molecule has 4 amide bonds. The Hall–Kier alpha value is -3.44. The number of ether oxygens (including phenoxy) is 2. The molecule has 0 unspecified atom stereocenters. The number of rotatable bonds is 15. The SMILES string of the molecule is C=CCCCCC[C@H](NC(=O)OC(C)(C)C)C(=O)N1C[C@@]2(CCc3c(c(C)nc4ccc(Cl)cc34)O2)C[C@H]1C(=O)N[C@](I)(CC=C)C(=O)NS(=O)(=O)C1(C)CC1. The highest BCUT2D eigenvalue weighted by molar-refractivity contribution is 14.1. The molecule has 1 aliphatic carbocycles. The fourth-order valence-corrected chi connectivity index (χ4v) is 9.63. The van der Waals surface area contributed by atoms with Gasteiger partial charge in [-0.05, 0) is 120 Å². The number of pyridine rings is 1. The van der Waals surface area contributed by atoms with E-state index >= 15 is 0 Å². The molecule has 2 aromatic rings. The second kappa shape index (κ2) is 16.8. The van der Waals surface area contributed by atoms with Crippen LogP contribution in [-0.4, -0.2) is 80.2 Å². The van der Waals surface area contributed by atoms with E-state index in [0.717, 1.165) is 35.7 Å². The van der Waals surface area contributed by atoms with Gasteiger partial charge >= 0.3 is 6.09 Å². The number of sulfonamides is 1. The predicted molar refractivity (Wildman–Crippen MR) is 224 cm³/mol. The number of benzene rings is 1. The van der Waals surface area contributed by atoms with E-state index in [1.54, 1.807) is 56.4 Å². The zero-order valence-electron chi connectivity index (χ0n) is 32.8. The molecule has 16 heteroatoms. The smallest absolute Gasteiger partial charge is 0.408 e. The maximum Gasteiger partial charge on any atom is 0.408 e. The summed E-state index contributed by atoms with van der Waals surface area (Å²) in [7, 11) is -4.04. The summed E-state index contributed by atoms with van der Waals surface area (Å²) in [4.78, 5) is 62.3. The Morgan fingerprint density at radius 2 is 1.86 bits per heavy atom. The van der Waals surface area contributed by atoms with Gasteiger partial charge in [0.2, 0.25) is 21.8 Å². The van der Waals surface area contributed by atoms with Crippen LogP contribution in [0.4, 0.5) is 4.79 Å². The normalized spacial score (nSPS) is 21.6. The minimum Gasteiger partial charge on any atom is -0.483 e. The van der Waals surface area contributed by atoms with Gasteiger partial charge in [-0.15, -0.1) is 13.2 Å². The van der Waals surface area contributed by atoms with E-state index in [9.17, 15) is 27.6 Å². The number of fused-ring (bicyclic) bond motifs is 3. The lowest BCUT2D eigenvalue weighted by molar-refractivity contribution is -0.141. The fraction of sp³-hybridized carbons (Fsp3) is 0.575. The third-order valence-electron chi connectivity index (χ3n) is 10.6. The summed E-state index contributed by atoms with van der Waals surface area (Å²) in [6.07, 6.45) is 7.52. The van der Waals surface area contributed by atoms with Crippen molar-refractivity contribution in [3.8, 4) is 5.75 Å². The molecule has 1 saturated heterocycles. The zero-order chi connectivity index (χ0) is 41.3. The van der Waals surface area contributed by atoms with Crippen LogP contribution in [0, 0.1) is 6.92 Å². The Bertz CT molecular complexity index is 2020. The molecule has 0 bridgehead atoms. The van der Waals surface area contributed by atoms with Gasteiger partial charge in [-0.2, -0.15) is 0 Å². The van der Waals surface area contributed by atoms with Crippen molar-refractivity contribution in [2.45, 2.75) is 137 Å². The molecule has 1 aromatic carbocycles. The minimum absolute atomic E-state index is 0.00597. The van der Waals surface area contributed by atoms with Crippen LogP contribution in [0.1, 0.15) is 103 Å². The summed E-state index contributed by atoms with van der Waals surface area (Å²) in [6.45, 7) is 16.1. The predicted octanol–water partition coefficient (Wildman–Crippen LogP) is 6.71. The van der Waals surface area contributed by atoms with Crippen molar-refractivity contribution in [1.82, 2.24) is 25.2 Å². The Kier molecular flexibility index (Phi) is 13.1. The van der Waals surface area contributed by atoms with Crippen LogP contribution in [0.15, 0.2) is 43.5 Å². The van der Waals surface area contributed by atoms with Crippen molar-refractivity contribution in [3.05, 3.63) is 59.8 Å². The highest BCUT2D eigenvalue weighted by Crippen LogP contribution is 2.46. The van der Waals surface area contributed by atoms with Crippen LogP contribution >= 0.6 is 34.2 Å². The van der Waals surface area contributed by atoms with Gasteiger partial charge in [-0.1, -0.05) is 36.6 Å². The third kappa shape index (κ3) is 9.80. The first kappa shape index (κ1) is 43.7. The molecule has 3 heterocycles. The van der Waals surface area contributed by atoms with Crippen LogP contribution in [0.2, 0.25) is 5.02 Å². The van der Waals surface area contributed by atoms with Crippen LogP contribution in [0.25, 0.3) is 10.9 Å². The van der Waals surface area contributed by atoms with Crippen molar-refractivity contribution in [1.29, 1.82) is 0 Å². The average molecular weight is 926 g/mol. The third-order valence-corrected chi connectivity index (χ3v) is 14.2. The molecule has 4 atom stereocenters. The molecule has 56 heavy (non-hydrogen) atoms. The number of aromatic nitrogens is 1. The second-order valence-corrected chi connectivity index (χ2v) is 20.9. The summed E-state index contributed by atoms with van der Waals surface area (Å²) in [5.41, 5.74) is 0.470. The largest absolute Gasteiger partial charge is 0.483 e. The van der Waals surface area contributed by atoms with Gasteiger partial charge in [0.15, 0.2) is 3.55 Å². The monoisotopic (exact) mass is 925 g/mol. The number of hydrogen-bond acceptors (Lipinski definition) is 9. The standard InChI is InChI=1S/C40H53ClIN5O8S/c1-8-10-11-12-13-14-30(44-36(51)55-37(4,5)6)34(49)47-24-39(19-17-27-28-22-26(41)15-16-29(28)43-25(3)32(27)54-39)23-31(47)33(48)45-40(42,18-9-2)35(50)46-56(52,53)38(7)20-21-38/h8-9,15-16,22,30-31H,1-2,10-14,17-21,23-24H2,3-7H3,(H,44,51)(H,45,48)(H,46,50)/t30-,31-,39+,40+/m0/s1. The number of likely N-dealkylation sites (tertiary alicyclic amines) is 1. The van der Waals surface area contributed by atoms with Crippen LogP contribution in [-0.2, 0) is 35.6 Å². The van der Waals surface area contributed by atoms with Crippen molar-refractivity contribution >= 4 is 78.9 Å². The number of carbonyl (C=O) groups is 4. The number of amides is 4.